The highest BCUT2D eigenvalue weighted by atomic mass is 16.6. The van der Waals surface area contributed by atoms with E-state index < -0.39 is 39.4 Å². The molecule has 1 saturated heterocycles. The molecule has 0 amide bonds. The van der Waals surface area contributed by atoms with Crippen LogP contribution < -0.4 is 14.8 Å². The van der Waals surface area contributed by atoms with E-state index in [4.69, 9.17) is 9.47 Å². The molecule has 1 aliphatic rings. The highest BCUT2D eigenvalue weighted by molar-refractivity contribution is 5.50. The fraction of sp³-hybridized carbons (Fsp3) is 0.429. The molecule has 0 spiro atoms. The molecule has 11 heteroatoms. The number of piperidine rings is 1. The van der Waals surface area contributed by atoms with Crippen molar-refractivity contribution in [2.45, 2.75) is 38.0 Å². The maximum Gasteiger partial charge on any atom is 0.244 e. The van der Waals surface area contributed by atoms with E-state index in [1.807, 2.05) is 0 Å². The summed E-state index contributed by atoms with van der Waals surface area (Å²) in [7, 11) is 2.70. The molecule has 1 fully saturated rings. The summed E-state index contributed by atoms with van der Waals surface area (Å²) in [6, 6.07) is 3.93. The maximum atomic E-state index is 12.2. The summed E-state index contributed by atoms with van der Waals surface area (Å²) in [4.78, 5) is 23.2. The Balaban J connectivity index is 2.25. The number of nitro groups is 2. The molecule has 0 aliphatic carbocycles. The molecule has 2 aromatic rings. The molecule has 3 N–H and O–H groups in total. The van der Waals surface area contributed by atoms with Crippen molar-refractivity contribution in [2.24, 2.45) is 5.41 Å². The van der Waals surface area contributed by atoms with Gasteiger partial charge in [0.2, 0.25) is 12.1 Å². The van der Waals surface area contributed by atoms with Crippen molar-refractivity contribution in [3.63, 3.8) is 0 Å². The van der Waals surface area contributed by atoms with Crippen molar-refractivity contribution in [1.29, 1.82) is 0 Å². The van der Waals surface area contributed by atoms with Gasteiger partial charge in [0.15, 0.2) is 23.0 Å². The zero-order valence-corrected chi connectivity index (χ0v) is 18.0. The van der Waals surface area contributed by atoms with Gasteiger partial charge in [-0.1, -0.05) is 24.3 Å². The van der Waals surface area contributed by atoms with Crippen LogP contribution in [-0.2, 0) is 0 Å². The topological polar surface area (TPSA) is 157 Å². The Morgan fingerprint density at radius 3 is 1.53 bits per heavy atom. The molecule has 1 heterocycles. The number of benzene rings is 2. The summed E-state index contributed by atoms with van der Waals surface area (Å²) in [6.45, 7) is 2.90. The van der Waals surface area contributed by atoms with Crippen LogP contribution in [0.3, 0.4) is 0 Å². The molecule has 0 radical (unpaired) electrons. The minimum atomic E-state index is -1.49. The average molecular weight is 447 g/mol. The first-order valence-corrected chi connectivity index (χ1v) is 9.81. The molecule has 11 nitrogen and oxygen atoms in total. The van der Waals surface area contributed by atoms with E-state index in [2.05, 4.69) is 5.32 Å². The number of phenolic OH excluding ortho intramolecular Hbond substituents is 2. The van der Waals surface area contributed by atoms with Gasteiger partial charge in [-0.2, -0.15) is 0 Å². The molecule has 1 aliphatic heterocycles. The van der Waals surface area contributed by atoms with Gasteiger partial charge in [-0.05, 0) is 26.0 Å². The third-order valence-corrected chi connectivity index (χ3v) is 6.14. The van der Waals surface area contributed by atoms with Gasteiger partial charge in [0.05, 0.1) is 14.2 Å². The number of hydrogen-bond donors (Lipinski definition) is 3. The number of nitrogens with one attached hydrogen (secondary N) is 1. The molecule has 3 rings (SSSR count). The summed E-state index contributed by atoms with van der Waals surface area (Å²) in [5.41, 5.74) is -1.17. The first-order chi connectivity index (χ1) is 15.1. The van der Waals surface area contributed by atoms with Crippen molar-refractivity contribution in [1.82, 2.24) is 5.32 Å². The van der Waals surface area contributed by atoms with Crippen LogP contribution in [0.1, 0.15) is 37.1 Å². The minimum absolute atomic E-state index is 0.112. The number of phenols is 2. The lowest BCUT2D eigenvalue weighted by Crippen LogP contribution is -2.63. The second-order valence-electron chi connectivity index (χ2n) is 8.20. The molecule has 2 aromatic carbocycles. The standard InChI is InChI=1S/C21H25N3O8/c1-21(2)19(23(27)28)15(11-7-5-9-13(31-3)17(11)25)22-16(20(21)24(29)30)12-8-6-10-14(32-4)18(12)26/h5-10,15-16,19-20,22,25-26H,1-4H3/t15-,16-,19+,20+/m1/s1. The second-order valence-corrected chi connectivity index (χ2v) is 8.20. The van der Waals surface area contributed by atoms with E-state index in [1.165, 1.54) is 52.3 Å². The molecule has 4 atom stereocenters. The van der Waals surface area contributed by atoms with Crippen molar-refractivity contribution < 1.29 is 29.5 Å². The maximum absolute atomic E-state index is 12.2. The van der Waals surface area contributed by atoms with Crippen LogP contribution in [0.4, 0.5) is 0 Å². The van der Waals surface area contributed by atoms with Crippen molar-refractivity contribution in [3.8, 4) is 23.0 Å². The fourth-order valence-electron chi connectivity index (χ4n) is 4.63. The molecule has 32 heavy (non-hydrogen) atoms. The van der Waals surface area contributed by atoms with Gasteiger partial charge in [0.25, 0.3) is 0 Å². The molecule has 172 valence electrons. The van der Waals surface area contributed by atoms with E-state index in [9.17, 15) is 30.4 Å². The lowest BCUT2D eigenvalue weighted by atomic mass is 9.66. The van der Waals surface area contributed by atoms with Gasteiger partial charge in [0, 0.05) is 21.0 Å². The Bertz CT molecular complexity index is 962. The normalized spacial score (nSPS) is 24.5. The Hall–Kier alpha value is -3.60. The third-order valence-electron chi connectivity index (χ3n) is 6.14. The van der Waals surface area contributed by atoms with Gasteiger partial charge in [-0.25, -0.2) is 0 Å². The summed E-state index contributed by atoms with van der Waals surface area (Å²) in [5, 5.41) is 48.7. The lowest BCUT2D eigenvalue weighted by Gasteiger charge is -2.44. The number of methoxy groups -OCH3 is 2. The third kappa shape index (κ3) is 3.64. The van der Waals surface area contributed by atoms with Gasteiger partial charge in [0.1, 0.15) is 17.5 Å². The highest BCUT2D eigenvalue weighted by Crippen LogP contribution is 2.50. The van der Waals surface area contributed by atoms with E-state index in [-0.39, 0.29) is 34.1 Å². The van der Waals surface area contributed by atoms with Crippen LogP contribution in [0.5, 0.6) is 23.0 Å². The monoisotopic (exact) mass is 447 g/mol. The predicted molar refractivity (Wildman–Crippen MR) is 113 cm³/mol. The number of hydrogen-bond acceptors (Lipinski definition) is 9. The molecular formula is C21H25N3O8. The summed E-state index contributed by atoms with van der Waals surface area (Å²) in [6.07, 6.45) is 0. The quantitative estimate of drug-likeness (QED) is 0.447. The number of ether oxygens (including phenoxy) is 2. The molecular weight excluding hydrogens is 422 g/mol. The second kappa shape index (κ2) is 8.50. The van der Waals surface area contributed by atoms with Crippen molar-refractivity contribution >= 4 is 0 Å². The smallest absolute Gasteiger partial charge is 0.244 e. The molecule has 0 aromatic heterocycles. The SMILES string of the molecule is COc1cccc([C@H]2N[C@H](c3cccc(OC)c3O)[C@H]([N+](=O)[O-])C(C)(C)[C@H]2[N+](=O)[O-])c1O. The van der Waals surface area contributed by atoms with Gasteiger partial charge < -0.3 is 19.7 Å². The summed E-state index contributed by atoms with van der Waals surface area (Å²) in [5.74, 6) is -0.380. The van der Waals surface area contributed by atoms with Gasteiger partial charge in [-0.3, -0.25) is 25.5 Å². The van der Waals surface area contributed by atoms with Crippen LogP contribution in [0.2, 0.25) is 0 Å². The van der Waals surface area contributed by atoms with Crippen molar-refractivity contribution in [3.05, 3.63) is 67.8 Å². The number of rotatable bonds is 6. The Morgan fingerprint density at radius 1 is 0.844 bits per heavy atom. The van der Waals surface area contributed by atoms with E-state index in [0.29, 0.717) is 0 Å². The first kappa shape index (κ1) is 23.1. The largest absolute Gasteiger partial charge is 0.504 e. The van der Waals surface area contributed by atoms with E-state index in [0.717, 1.165) is 0 Å². The fourth-order valence-corrected chi connectivity index (χ4v) is 4.63. The van der Waals surface area contributed by atoms with Crippen LogP contribution in [0, 0.1) is 25.6 Å². The van der Waals surface area contributed by atoms with Crippen molar-refractivity contribution in [2.75, 3.05) is 14.2 Å². The van der Waals surface area contributed by atoms with E-state index >= 15 is 0 Å². The van der Waals surface area contributed by atoms with Crippen LogP contribution in [-0.4, -0.2) is 46.4 Å². The van der Waals surface area contributed by atoms with Gasteiger partial charge >= 0.3 is 0 Å². The average Bonchev–Trinajstić information content (AvgIpc) is 2.72. The lowest BCUT2D eigenvalue weighted by molar-refractivity contribution is -0.605. The predicted octanol–water partition coefficient (Wildman–Crippen LogP) is 2.82. The van der Waals surface area contributed by atoms with Crippen LogP contribution in [0.15, 0.2) is 36.4 Å². The molecule has 0 unspecified atom stereocenters. The summed E-state index contributed by atoms with van der Waals surface area (Å²) < 4.78 is 10.3. The molecule has 0 saturated carbocycles. The Labute approximate surface area is 183 Å². The number of aromatic hydroxyl groups is 2. The van der Waals surface area contributed by atoms with Crippen LogP contribution in [0.25, 0.3) is 0 Å². The minimum Gasteiger partial charge on any atom is -0.504 e. The summed E-state index contributed by atoms with van der Waals surface area (Å²) >= 11 is 0. The number of nitrogens with zero attached hydrogens (tertiary/aromatic N) is 2. The Morgan fingerprint density at radius 2 is 1.22 bits per heavy atom. The number of para-hydroxylation sites is 2. The highest BCUT2D eigenvalue weighted by Gasteiger charge is 2.63. The zero-order chi connectivity index (χ0) is 23.8. The van der Waals surface area contributed by atoms with Crippen LogP contribution >= 0.6 is 0 Å². The molecule has 0 bridgehead atoms. The first-order valence-electron chi connectivity index (χ1n) is 9.81. The Kier molecular flexibility index (Phi) is 6.13. The zero-order valence-electron chi connectivity index (χ0n) is 18.0. The van der Waals surface area contributed by atoms with Gasteiger partial charge in [-0.15, -0.1) is 0 Å². The van der Waals surface area contributed by atoms with E-state index in [1.54, 1.807) is 12.1 Å².